The van der Waals surface area contributed by atoms with Crippen LogP contribution >= 0.6 is 0 Å². The Balaban J connectivity index is 1.89. The summed E-state index contributed by atoms with van der Waals surface area (Å²) in [7, 11) is 0. The Morgan fingerprint density at radius 3 is 2.28 bits per heavy atom. The largest absolute Gasteiger partial charge is 0.505 e. The number of nitrogens with zero attached hydrogens (tertiary/aromatic N) is 1. The van der Waals surface area contributed by atoms with E-state index >= 15 is 0 Å². The van der Waals surface area contributed by atoms with Crippen molar-refractivity contribution in [2.75, 3.05) is 5.32 Å². The van der Waals surface area contributed by atoms with E-state index in [-0.39, 0.29) is 17.1 Å². The number of aliphatic imine (C=N–C) groups is 1. The number of phenols is 2. The second-order valence-electron chi connectivity index (χ2n) is 5.33. The summed E-state index contributed by atoms with van der Waals surface area (Å²) in [6, 6.07) is 6.75. The normalized spacial score (nSPS) is 19.7. The van der Waals surface area contributed by atoms with Gasteiger partial charge in [0.2, 0.25) is 5.79 Å². The first-order valence-electron chi connectivity index (χ1n) is 7.05. The molecule has 1 heterocycles. The summed E-state index contributed by atoms with van der Waals surface area (Å²) in [5.74, 6) is -5.66. The quantitative estimate of drug-likeness (QED) is 0.547. The summed E-state index contributed by atoms with van der Waals surface area (Å²) in [5, 5.41) is 23.6. The number of aromatic hydroxyl groups is 2. The van der Waals surface area contributed by atoms with Gasteiger partial charge in [0, 0.05) is 17.3 Å². The predicted molar refractivity (Wildman–Crippen MR) is 85.4 cm³/mol. The maximum Gasteiger partial charge on any atom is 0.210 e. The van der Waals surface area contributed by atoms with Crippen molar-refractivity contribution in [2.45, 2.75) is 5.79 Å². The van der Waals surface area contributed by atoms with Gasteiger partial charge in [0.15, 0.2) is 29.0 Å². The average Bonchev–Trinajstić information content (AvgIpc) is 2.57. The molecule has 0 radical (unpaired) electrons. The van der Waals surface area contributed by atoms with Crippen molar-refractivity contribution < 1.29 is 23.4 Å². The number of benzene rings is 2. The van der Waals surface area contributed by atoms with E-state index in [1.54, 1.807) is 0 Å². The lowest BCUT2D eigenvalue weighted by Gasteiger charge is -2.32. The van der Waals surface area contributed by atoms with Gasteiger partial charge < -0.3 is 20.8 Å². The molecule has 1 aliphatic heterocycles. The van der Waals surface area contributed by atoms with Crippen molar-refractivity contribution in [3.8, 4) is 11.5 Å². The van der Waals surface area contributed by atoms with Gasteiger partial charge in [0.05, 0.1) is 6.21 Å². The Labute approximate surface area is 140 Å². The summed E-state index contributed by atoms with van der Waals surface area (Å²) in [5.41, 5.74) is 6.32. The number of anilines is 1. The lowest BCUT2D eigenvalue weighted by molar-refractivity contribution is 0.380. The molecular formula is C16H13F3N4O2. The van der Waals surface area contributed by atoms with E-state index in [1.807, 2.05) is 0 Å². The molecule has 2 aromatic carbocycles. The van der Waals surface area contributed by atoms with Crippen LogP contribution in [0.2, 0.25) is 0 Å². The summed E-state index contributed by atoms with van der Waals surface area (Å²) in [4.78, 5) is 3.81. The van der Waals surface area contributed by atoms with Crippen LogP contribution in [0.3, 0.4) is 0 Å². The van der Waals surface area contributed by atoms with E-state index in [0.29, 0.717) is 0 Å². The zero-order chi connectivity index (χ0) is 18.2. The Bertz CT molecular complexity index is 901. The first kappa shape index (κ1) is 16.7. The number of allylic oxidation sites excluding steroid dienone is 1. The standard InChI is InChI=1S/C16H13F3N4O2/c17-10-5-8(1-3-13(10)24)16(20)21-7-12(19)15(23-16)22-9-2-4-14(25)11(18)6-9/h1-7,22-25H,20H2. The van der Waals surface area contributed by atoms with Gasteiger partial charge in [-0.05, 0) is 30.3 Å². The minimum Gasteiger partial charge on any atom is -0.505 e. The highest BCUT2D eigenvalue weighted by molar-refractivity contribution is 5.79. The molecule has 6 N–H and O–H groups in total. The monoisotopic (exact) mass is 350 g/mol. The fourth-order valence-corrected chi connectivity index (χ4v) is 2.22. The van der Waals surface area contributed by atoms with Crippen molar-refractivity contribution in [3.05, 3.63) is 65.2 Å². The Kier molecular flexibility index (Phi) is 4.01. The van der Waals surface area contributed by atoms with Crippen molar-refractivity contribution in [1.82, 2.24) is 5.32 Å². The van der Waals surface area contributed by atoms with Crippen molar-refractivity contribution in [3.63, 3.8) is 0 Å². The van der Waals surface area contributed by atoms with Gasteiger partial charge >= 0.3 is 0 Å². The lowest BCUT2D eigenvalue weighted by atomic mass is 10.1. The molecular weight excluding hydrogens is 337 g/mol. The minimum atomic E-state index is -1.71. The Morgan fingerprint density at radius 1 is 1.00 bits per heavy atom. The van der Waals surface area contributed by atoms with Crippen LogP contribution in [0, 0.1) is 11.6 Å². The minimum absolute atomic E-state index is 0.128. The fraction of sp³-hybridized carbons (Fsp3) is 0.0625. The first-order valence-corrected chi connectivity index (χ1v) is 7.05. The molecule has 0 saturated heterocycles. The van der Waals surface area contributed by atoms with Gasteiger partial charge in [-0.15, -0.1) is 0 Å². The maximum atomic E-state index is 14.0. The Morgan fingerprint density at radius 2 is 1.64 bits per heavy atom. The highest BCUT2D eigenvalue weighted by Gasteiger charge is 2.32. The highest BCUT2D eigenvalue weighted by atomic mass is 19.1. The van der Waals surface area contributed by atoms with E-state index in [4.69, 9.17) is 5.73 Å². The van der Waals surface area contributed by atoms with E-state index in [2.05, 4.69) is 15.6 Å². The Hall–Kier alpha value is -3.20. The van der Waals surface area contributed by atoms with Crippen molar-refractivity contribution >= 4 is 11.9 Å². The first-order chi connectivity index (χ1) is 11.8. The molecule has 0 amide bonds. The molecule has 1 atom stereocenters. The zero-order valence-corrected chi connectivity index (χ0v) is 12.6. The molecule has 6 nitrogen and oxygen atoms in total. The number of nitrogens with two attached hydrogens (primary N) is 1. The molecule has 9 heteroatoms. The molecule has 1 aliphatic rings. The van der Waals surface area contributed by atoms with Crippen LogP contribution in [-0.4, -0.2) is 16.4 Å². The van der Waals surface area contributed by atoms with Crippen molar-refractivity contribution in [2.24, 2.45) is 10.7 Å². The van der Waals surface area contributed by atoms with Crippen LogP contribution in [0.1, 0.15) is 5.56 Å². The molecule has 0 aromatic heterocycles. The third-order valence-corrected chi connectivity index (χ3v) is 3.54. The number of rotatable bonds is 3. The summed E-state index contributed by atoms with van der Waals surface area (Å²) in [6.07, 6.45) is 0.834. The summed E-state index contributed by atoms with van der Waals surface area (Å²) >= 11 is 0. The van der Waals surface area contributed by atoms with Crippen molar-refractivity contribution in [1.29, 1.82) is 0 Å². The molecule has 130 valence electrons. The molecule has 0 aliphatic carbocycles. The van der Waals surface area contributed by atoms with Crippen LogP contribution in [-0.2, 0) is 5.79 Å². The second kappa shape index (κ2) is 6.02. The van der Waals surface area contributed by atoms with E-state index in [9.17, 15) is 23.4 Å². The molecule has 25 heavy (non-hydrogen) atoms. The van der Waals surface area contributed by atoms with E-state index in [0.717, 1.165) is 30.5 Å². The van der Waals surface area contributed by atoms with Gasteiger partial charge in [-0.25, -0.2) is 18.2 Å². The zero-order valence-electron chi connectivity index (χ0n) is 12.6. The fourth-order valence-electron chi connectivity index (χ4n) is 2.22. The van der Waals surface area contributed by atoms with Gasteiger partial charge in [0.1, 0.15) is 5.82 Å². The molecule has 0 spiro atoms. The molecule has 0 bridgehead atoms. The molecule has 0 saturated carbocycles. The third kappa shape index (κ3) is 3.22. The average molecular weight is 350 g/mol. The second-order valence-corrected chi connectivity index (χ2v) is 5.33. The number of hydrogen-bond acceptors (Lipinski definition) is 6. The van der Waals surface area contributed by atoms with E-state index < -0.39 is 34.7 Å². The number of phenolic OH excluding ortho intramolecular Hbond substituents is 2. The number of hydrogen-bond donors (Lipinski definition) is 5. The topological polar surface area (TPSA) is 103 Å². The van der Waals surface area contributed by atoms with Crippen LogP contribution in [0.5, 0.6) is 11.5 Å². The smallest absolute Gasteiger partial charge is 0.210 e. The lowest BCUT2D eigenvalue weighted by Crippen LogP contribution is -2.51. The number of halogens is 3. The van der Waals surface area contributed by atoms with Crippen LogP contribution in [0.4, 0.5) is 18.9 Å². The third-order valence-electron chi connectivity index (χ3n) is 3.54. The summed E-state index contributed by atoms with van der Waals surface area (Å²) in [6.45, 7) is 0. The van der Waals surface area contributed by atoms with Crippen LogP contribution in [0.25, 0.3) is 0 Å². The molecule has 3 rings (SSSR count). The van der Waals surface area contributed by atoms with Gasteiger partial charge in [-0.3, -0.25) is 5.73 Å². The highest BCUT2D eigenvalue weighted by Crippen LogP contribution is 2.28. The predicted octanol–water partition coefficient (Wildman–Crippen LogP) is 2.37. The van der Waals surface area contributed by atoms with Crippen LogP contribution in [0.15, 0.2) is 53.0 Å². The number of nitrogens with one attached hydrogen (secondary N) is 2. The molecule has 0 fully saturated rings. The van der Waals surface area contributed by atoms with Gasteiger partial charge in [0.25, 0.3) is 0 Å². The maximum absolute atomic E-state index is 14.0. The SMILES string of the molecule is NC1(c2ccc(O)c(F)c2)N=CC(F)=C(Nc2ccc(O)c(F)c2)N1. The molecule has 2 aromatic rings. The molecule has 1 unspecified atom stereocenters. The van der Waals surface area contributed by atoms with Gasteiger partial charge in [-0.2, -0.15) is 0 Å². The van der Waals surface area contributed by atoms with Gasteiger partial charge in [-0.1, -0.05) is 0 Å². The summed E-state index contributed by atoms with van der Waals surface area (Å²) < 4.78 is 41.0. The van der Waals surface area contributed by atoms with Crippen LogP contribution < -0.4 is 16.4 Å². The van der Waals surface area contributed by atoms with E-state index in [1.165, 1.54) is 12.1 Å².